The number of urea groups is 1. The van der Waals surface area contributed by atoms with E-state index < -0.39 is 17.8 Å². The predicted molar refractivity (Wildman–Crippen MR) is 148 cm³/mol. The van der Waals surface area contributed by atoms with E-state index in [9.17, 15) is 14.4 Å². The van der Waals surface area contributed by atoms with Gasteiger partial charge >= 0.3 is 6.03 Å². The zero-order valence-corrected chi connectivity index (χ0v) is 22.8. The number of ether oxygens (including phenoxy) is 1. The highest BCUT2D eigenvalue weighted by molar-refractivity contribution is 14.1. The van der Waals surface area contributed by atoms with E-state index in [4.69, 9.17) is 16.3 Å². The number of rotatable bonds is 5. The first-order valence-electron chi connectivity index (χ1n) is 10.1. The number of anilines is 1. The minimum atomic E-state index is -0.807. The van der Waals surface area contributed by atoms with Crippen LogP contribution < -0.4 is 15.0 Å². The second-order valence-corrected chi connectivity index (χ2v) is 10.3. The van der Waals surface area contributed by atoms with Crippen molar-refractivity contribution in [1.29, 1.82) is 0 Å². The molecular weight excluding hydrogens is 682 g/mol. The smallest absolute Gasteiger partial charge is 0.335 e. The third-order valence-corrected chi connectivity index (χ3v) is 6.84. The first-order chi connectivity index (χ1) is 16.2. The van der Waals surface area contributed by atoms with Gasteiger partial charge in [-0.05, 0) is 106 Å². The number of imide groups is 2. The Kier molecular flexibility index (Phi) is 7.58. The number of nitrogens with zero attached hydrogens (tertiary/aromatic N) is 1. The molecule has 4 rings (SSSR count). The lowest BCUT2D eigenvalue weighted by atomic mass is 10.1. The molecule has 0 unspecified atom stereocenters. The van der Waals surface area contributed by atoms with Gasteiger partial charge < -0.3 is 4.74 Å². The maximum Gasteiger partial charge on any atom is 0.335 e. The van der Waals surface area contributed by atoms with Gasteiger partial charge in [0.2, 0.25) is 0 Å². The largest absolute Gasteiger partial charge is 0.487 e. The zero-order chi connectivity index (χ0) is 24.4. The van der Waals surface area contributed by atoms with Gasteiger partial charge in [-0.15, -0.1) is 0 Å². The number of carbonyl (C=O) groups excluding carboxylic acids is 3. The fourth-order valence-corrected chi connectivity index (χ4v) is 5.66. The Morgan fingerprint density at radius 3 is 2.32 bits per heavy atom. The summed E-state index contributed by atoms with van der Waals surface area (Å²) in [6.07, 6.45) is 1.47. The number of aryl methyl sites for hydroxylation is 1. The number of nitrogens with one attached hydrogen (secondary N) is 1. The third kappa shape index (κ3) is 5.44. The van der Waals surface area contributed by atoms with Crippen LogP contribution in [-0.4, -0.2) is 17.8 Å². The molecule has 9 heteroatoms. The van der Waals surface area contributed by atoms with E-state index in [1.807, 2.05) is 37.3 Å². The Bertz CT molecular complexity index is 1320. The standard InChI is InChI=1S/C25H17ClI2N2O4/c1-14-3-2-4-15(9-14)13-34-22-20(27)11-16(12-21(22)28)10-19-23(31)29-25(33)30(24(19)32)18-7-5-17(26)6-8-18/h2-12H,13H2,1H3,(H,29,31,33)/b19-10+. The topological polar surface area (TPSA) is 75.7 Å². The van der Waals surface area contributed by atoms with Crippen molar-refractivity contribution in [3.63, 3.8) is 0 Å². The number of carbonyl (C=O) groups is 3. The number of benzene rings is 3. The molecule has 0 saturated carbocycles. The minimum absolute atomic E-state index is 0.144. The van der Waals surface area contributed by atoms with Crippen LogP contribution in [0.25, 0.3) is 6.08 Å². The number of hydrogen-bond acceptors (Lipinski definition) is 4. The molecule has 0 atom stereocenters. The molecule has 1 saturated heterocycles. The second kappa shape index (κ2) is 10.4. The number of halogens is 3. The summed E-state index contributed by atoms with van der Waals surface area (Å²) in [6.45, 7) is 2.46. The van der Waals surface area contributed by atoms with Crippen molar-refractivity contribution in [2.45, 2.75) is 13.5 Å². The van der Waals surface area contributed by atoms with Crippen LogP contribution in [0.4, 0.5) is 10.5 Å². The van der Waals surface area contributed by atoms with Gasteiger partial charge in [-0.3, -0.25) is 14.9 Å². The molecule has 3 aromatic rings. The van der Waals surface area contributed by atoms with E-state index in [-0.39, 0.29) is 5.57 Å². The summed E-state index contributed by atoms with van der Waals surface area (Å²) in [5, 5.41) is 2.69. The summed E-state index contributed by atoms with van der Waals surface area (Å²) in [7, 11) is 0. The second-order valence-electron chi connectivity index (χ2n) is 7.53. The summed E-state index contributed by atoms with van der Waals surface area (Å²) in [5.74, 6) is -0.729. The van der Waals surface area contributed by atoms with E-state index in [0.717, 1.165) is 28.9 Å². The average Bonchev–Trinajstić information content (AvgIpc) is 2.77. The van der Waals surface area contributed by atoms with Crippen LogP contribution in [-0.2, 0) is 16.2 Å². The van der Waals surface area contributed by atoms with Gasteiger partial charge in [0.05, 0.1) is 12.8 Å². The van der Waals surface area contributed by atoms with Crippen LogP contribution in [0.1, 0.15) is 16.7 Å². The van der Waals surface area contributed by atoms with E-state index in [1.54, 1.807) is 24.3 Å². The van der Waals surface area contributed by atoms with Gasteiger partial charge in [0.15, 0.2) is 0 Å². The lowest BCUT2D eigenvalue weighted by Crippen LogP contribution is -2.54. The molecule has 1 aliphatic heterocycles. The molecular formula is C25H17ClI2N2O4. The number of hydrogen-bond donors (Lipinski definition) is 1. The van der Waals surface area contributed by atoms with Crippen molar-refractivity contribution in [2.75, 3.05) is 4.90 Å². The van der Waals surface area contributed by atoms with Gasteiger partial charge in [-0.2, -0.15) is 0 Å². The van der Waals surface area contributed by atoms with Crippen molar-refractivity contribution in [3.05, 3.63) is 95.1 Å². The van der Waals surface area contributed by atoms with Crippen LogP contribution >= 0.6 is 56.8 Å². The summed E-state index contributed by atoms with van der Waals surface area (Å²) in [6, 6.07) is 17.2. The zero-order valence-electron chi connectivity index (χ0n) is 17.8. The van der Waals surface area contributed by atoms with Gasteiger partial charge in [-0.1, -0.05) is 41.4 Å². The Balaban J connectivity index is 1.60. The minimum Gasteiger partial charge on any atom is -0.487 e. The fourth-order valence-electron chi connectivity index (χ4n) is 3.41. The molecule has 1 aliphatic rings. The van der Waals surface area contributed by atoms with Crippen molar-refractivity contribution >= 4 is 86.4 Å². The molecule has 34 heavy (non-hydrogen) atoms. The molecule has 0 aliphatic carbocycles. The van der Waals surface area contributed by atoms with Crippen LogP contribution in [0.5, 0.6) is 5.75 Å². The van der Waals surface area contributed by atoms with Gasteiger partial charge in [0, 0.05) is 5.02 Å². The molecule has 1 heterocycles. The van der Waals surface area contributed by atoms with Gasteiger partial charge in [0.25, 0.3) is 11.8 Å². The lowest BCUT2D eigenvalue weighted by molar-refractivity contribution is -0.122. The van der Waals surface area contributed by atoms with Gasteiger partial charge in [-0.25, -0.2) is 9.69 Å². The quantitative estimate of drug-likeness (QED) is 0.199. The Morgan fingerprint density at radius 2 is 1.68 bits per heavy atom. The van der Waals surface area contributed by atoms with Crippen LogP contribution in [0.3, 0.4) is 0 Å². The third-order valence-electron chi connectivity index (χ3n) is 4.98. The van der Waals surface area contributed by atoms with Crippen molar-refractivity contribution < 1.29 is 19.1 Å². The number of barbiturate groups is 1. The summed E-state index contributed by atoms with van der Waals surface area (Å²) < 4.78 is 7.71. The summed E-state index contributed by atoms with van der Waals surface area (Å²) >= 11 is 10.2. The summed E-state index contributed by atoms with van der Waals surface area (Å²) in [5.41, 5.74) is 3.03. The highest BCUT2D eigenvalue weighted by Crippen LogP contribution is 2.31. The maximum absolute atomic E-state index is 13.1. The fraction of sp³-hybridized carbons (Fsp3) is 0.0800. The molecule has 4 amide bonds. The van der Waals surface area contributed by atoms with Gasteiger partial charge in [0.1, 0.15) is 17.9 Å². The van der Waals surface area contributed by atoms with E-state index >= 15 is 0 Å². The lowest BCUT2D eigenvalue weighted by Gasteiger charge is -2.26. The molecule has 6 nitrogen and oxygen atoms in total. The first kappa shape index (κ1) is 24.7. The molecule has 1 N–H and O–H groups in total. The SMILES string of the molecule is Cc1cccc(COc2c(I)cc(/C=C3\C(=O)NC(=O)N(c4ccc(Cl)cc4)C3=O)cc2I)c1. The highest BCUT2D eigenvalue weighted by atomic mass is 127. The predicted octanol–water partition coefficient (Wildman–Crippen LogP) is 6.10. The molecule has 3 aromatic carbocycles. The monoisotopic (exact) mass is 698 g/mol. The van der Waals surface area contributed by atoms with E-state index in [1.165, 1.54) is 6.08 Å². The van der Waals surface area contributed by atoms with Crippen molar-refractivity contribution in [2.24, 2.45) is 0 Å². The molecule has 172 valence electrons. The van der Waals surface area contributed by atoms with E-state index in [2.05, 4.69) is 56.6 Å². The Labute approximate surface area is 228 Å². The van der Waals surface area contributed by atoms with Crippen molar-refractivity contribution in [1.82, 2.24) is 5.32 Å². The first-order valence-corrected chi connectivity index (χ1v) is 12.6. The molecule has 0 spiro atoms. The van der Waals surface area contributed by atoms with E-state index in [0.29, 0.717) is 22.9 Å². The van der Waals surface area contributed by atoms with Crippen LogP contribution in [0.15, 0.2) is 66.2 Å². The summed E-state index contributed by atoms with van der Waals surface area (Å²) in [4.78, 5) is 38.8. The maximum atomic E-state index is 13.1. The average molecular weight is 699 g/mol. The normalized spacial score (nSPS) is 15.0. The van der Waals surface area contributed by atoms with Crippen LogP contribution in [0.2, 0.25) is 5.02 Å². The molecule has 1 fully saturated rings. The number of amides is 4. The highest BCUT2D eigenvalue weighted by Gasteiger charge is 2.36. The molecule has 0 aromatic heterocycles. The van der Waals surface area contributed by atoms with Crippen molar-refractivity contribution in [3.8, 4) is 5.75 Å². The van der Waals surface area contributed by atoms with Crippen LogP contribution in [0, 0.1) is 14.1 Å². The Hall–Kier alpha value is -2.44. The molecule has 0 radical (unpaired) electrons. The molecule has 0 bridgehead atoms. The Morgan fingerprint density at radius 1 is 1.00 bits per heavy atom.